The van der Waals surface area contributed by atoms with E-state index in [0.717, 1.165) is 25.6 Å². The highest BCUT2D eigenvalue weighted by Gasteiger charge is 2.25. The molecule has 1 fully saturated rings. The van der Waals surface area contributed by atoms with Gasteiger partial charge in [-0.2, -0.15) is 5.10 Å². The predicted molar refractivity (Wildman–Crippen MR) is 78.7 cm³/mol. The number of halogens is 1. The molecule has 0 saturated carbocycles. The second-order valence-electron chi connectivity index (χ2n) is 5.05. The van der Waals surface area contributed by atoms with Gasteiger partial charge in [0.1, 0.15) is 0 Å². The van der Waals surface area contributed by atoms with Gasteiger partial charge in [0.25, 0.3) is 0 Å². The van der Waals surface area contributed by atoms with Crippen LogP contribution in [0, 0.1) is 0 Å². The maximum Gasteiger partial charge on any atom is 0.0767 e. The van der Waals surface area contributed by atoms with Gasteiger partial charge in [0.15, 0.2) is 0 Å². The fourth-order valence-corrected chi connectivity index (χ4v) is 3.62. The fourth-order valence-electron chi connectivity index (χ4n) is 2.93. The molecule has 0 N–H and O–H groups in total. The van der Waals surface area contributed by atoms with Crippen molar-refractivity contribution in [2.45, 2.75) is 65.6 Å². The number of hydrogen-bond donors (Lipinski definition) is 0. The minimum absolute atomic E-state index is 0.766. The smallest absolute Gasteiger partial charge is 0.0767 e. The average molecular weight is 314 g/mol. The topological polar surface area (TPSA) is 21.1 Å². The van der Waals surface area contributed by atoms with E-state index in [1.165, 1.54) is 41.7 Å². The first-order chi connectivity index (χ1) is 8.71. The van der Waals surface area contributed by atoms with Crippen LogP contribution in [0.3, 0.4) is 0 Å². The third kappa shape index (κ3) is 2.64. The Hall–Kier alpha value is -0.350. The van der Waals surface area contributed by atoms with Gasteiger partial charge in [0.2, 0.25) is 0 Å². The van der Waals surface area contributed by atoms with Crippen molar-refractivity contribution in [2.24, 2.45) is 0 Å². The van der Waals surface area contributed by atoms with Crippen molar-refractivity contribution in [1.29, 1.82) is 0 Å². The Balaban J connectivity index is 2.19. The maximum atomic E-state index is 4.68. The number of likely N-dealkylation sites (tertiary alicyclic amines) is 1. The molecule has 1 aromatic heterocycles. The first-order valence-electron chi connectivity index (χ1n) is 7.19. The van der Waals surface area contributed by atoms with Gasteiger partial charge in [-0.15, -0.1) is 0 Å². The lowest BCUT2D eigenvalue weighted by atomic mass is 10.1. The zero-order valence-corrected chi connectivity index (χ0v) is 13.3. The summed E-state index contributed by atoms with van der Waals surface area (Å²) in [4.78, 5) is 2.62. The van der Waals surface area contributed by atoms with Crippen molar-refractivity contribution in [3.63, 3.8) is 0 Å². The lowest BCUT2D eigenvalue weighted by Gasteiger charge is -2.23. The van der Waals surface area contributed by atoms with E-state index in [1.54, 1.807) is 0 Å². The Morgan fingerprint density at radius 1 is 1.33 bits per heavy atom. The van der Waals surface area contributed by atoms with E-state index in [-0.39, 0.29) is 0 Å². The van der Waals surface area contributed by atoms with Gasteiger partial charge in [-0.25, -0.2) is 0 Å². The summed E-state index contributed by atoms with van der Waals surface area (Å²) in [5, 5.41) is 4.68. The standard InChI is InChI=1S/C14H24BrN3/c1-4-11-8-7-9-17(11)10-13-14(15)12(5-2)16-18(13)6-3/h11H,4-10H2,1-3H3. The first-order valence-corrected chi connectivity index (χ1v) is 7.98. The normalized spacial score (nSPS) is 20.8. The molecule has 0 aromatic carbocycles. The highest BCUT2D eigenvalue weighted by atomic mass is 79.9. The van der Waals surface area contributed by atoms with Crippen molar-refractivity contribution >= 4 is 15.9 Å². The molecule has 18 heavy (non-hydrogen) atoms. The average Bonchev–Trinajstić information content (AvgIpc) is 2.95. The van der Waals surface area contributed by atoms with Crippen LogP contribution in [0.5, 0.6) is 0 Å². The van der Waals surface area contributed by atoms with Gasteiger partial charge < -0.3 is 0 Å². The van der Waals surface area contributed by atoms with Crippen LogP contribution in [-0.4, -0.2) is 27.3 Å². The molecule has 1 atom stereocenters. The number of nitrogens with zero attached hydrogens (tertiary/aromatic N) is 3. The van der Waals surface area contributed by atoms with Crippen molar-refractivity contribution in [3.05, 3.63) is 15.9 Å². The molecule has 1 aliphatic rings. The summed E-state index contributed by atoms with van der Waals surface area (Å²) in [5.41, 5.74) is 2.55. The van der Waals surface area contributed by atoms with Crippen molar-refractivity contribution in [1.82, 2.24) is 14.7 Å². The molecular formula is C14H24BrN3. The van der Waals surface area contributed by atoms with Gasteiger partial charge in [0, 0.05) is 19.1 Å². The molecule has 0 radical (unpaired) electrons. The summed E-state index contributed by atoms with van der Waals surface area (Å²) in [6, 6.07) is 0.766. The molecule has 0 spiro atoms. The zero-order chi connectivity index (χ0) is 13.1. The zero-order valence-electron chi connectivity index (χ0n) is 11.7. The Morgan fingerprint density at radius 2 is 2.11 bits per heavy atom. The number of hydrogen-bond acceptors (Lipinski definition) is 2. The SMILES string of the molecule is CCc1nn(CC)c(CN2CCCC2CC)c1Br. The van der Waals surface area contributed by atoms with Gasteiger partial charge in [-0.3, -0.25) is 9.58 Å². The molecule has 3 nitrogen and oxygen atoms in total. The maximum absolute atomic E-state index is 4.68. The third-order valence-electron chi connectivity index (χ3n) is 4.02. The first kappa shape index (κ1) is 14.1. The monoisotopic (exact) mass is 313 g/mol. The van der Waals surface area contributed by atoms with E-state index in [9.17, 15) is 0 Å². The second-order valence-corrected chi connectivity index (χ2v) is 5.84. The molecule has 0 amide bonds. The summed E-state index contributed by atoms with van der Waals surface area (Å²) in [5.74, 6) is 0. The molecule has 102 valence electrons. The van der Waals surface area contributed by atoms with Gasteiger partial charge in [-0.1, -0.05) is 13.8 Å². The molecule has 1 unspecified atom stereocenters. The van der Waals surface area contributed by atoms with Crippen LogP contribution >= 0.6 is 15.9 Å². The van der Waals surface area contributed by atoms with Gasteiger partial charge in [0.05, 0.1) is 15.9 Å². The summed E-state index contributed by atoms with van der Waals surface area (Å²) in [6.45, 7) is 9.87. The van der Waals surface area contributed by atoms with Crippen LogP contribution in [-0.2, 0) is 19.5 Å². The number of rotatable bonds is 5. The summed E-state index contributed by atoms with van der Waals surface area (Å²) in [6.07, 6.45) is 4.96. The number of aromatic nitrogens is 2. The summed E-state index contributed by atoms with van der Waals surface area (Å²) in [7, 11) is 0. The van der Waals surface area contributed by atoms with Crippen molar-refractivity contribution in [3.8, 4) is 0 Å². The van der Waals surface area contributed by atoms with Crippen LogP contribution in [0.15, 0.2) is 4.47 Å². The van der Waals surface area contributed by atoms with Crippen LogP contribution in [0.1, 0.15) is 51.4 Å². The minimum Gasteiger partial charge on any atom is -0.295 e. The molecule has 0 bridgehead atoms. The van der Waals surface area contributed by atoms with E-state index >= 15 is 0 Å². The van der Waals surface area contributed by atoms with E-state index in [0.29, 0.717) is 0 Å². The third-order valence-corrected chi connectivity index (χ3v) is 4.93. The van der Waals surface area contributed by atoms with Gasteiger partial charge >= 0.3 is 0 Å². The van der Waals surface area contributed by atoms with Crippen LogP contribution < -0.4 is 0 Å². The lowest BCUT2D eigenvalue weighted by Crippen LogP contribution is -2.29. The Bertz CT molecular complexity index is 400. The lowest BCUT2D eigenvalue weighted by molar-refractivity contribution is 0.232. The highest BCUT2D eigenvalue weighted by molar-refractivity contribution is 9.10. The molecule has 1 aromatic rings. The number of aryl methyl sites for hydroxylation is 2. The Morgan fingerprint density at radius 3 is 2.72 bits per heavy atom. The fraction of sp³-hybridized carbons (Fsp3) is 0.786. The molecule has 0 aliphatic carbocycles. The molecule has 1 saturated heterocycles. The quantitative estimate of drug-likeness (QED) is 0.828. The molecule has 1 aliphatic heterocycles. The van der Waals surface area contributed by atoms with E-state index in [2.05, 4.69) is 51.4 Å². The summed E-state index contributed by atoms with van der Waals surface area (Å²) < 4.78 is 3.39. The largest absolute Gasteiger partial charge is 0.295 e. The van der Waals surface area contributed by atoms with Crippen LogP contribution in [0.2, 0.25) is 0 Å². The van der Waals surface area contributed by atoms with Crippen LogP contribution in [0.4, 0.5) is 0 Å². The van der Waals surface area contributed by atoms with E-state index in [4.69, 9.17) is 0 Å². The van der Waals surface area contributed by atoms with Crippen molar-refractivity contribution < 1.29 is 0 Å². The highest BCUT2D eigenvalue weighted by Crippen LogP contribution is 2.27. The molecule has 2 rings (SSSR count). The van der Waals surface area contributed by atoms with E-state index in [1.807, 2.05) is 0 Å². The predicted octanol–water partition coefficient (Wildman–Crippen LogP) is 3.60. The van der Waals surface area contributed by atoms with Crippen LogP contribution in [0.25, 0.3) is 0 Å². The van der Waals surface area contributed by atoms with E-state index < -0.39 is 0 Å². The molecular weight excluding hydrogens is 290 g/mol. The summed E-state index contributed by atoms with van der Waals surface area (Å²) >= 11 is 3.74. The minimum atomic E-state index is 0.766. The van der Waals surface area contributed by atoms with Crippen molar-refractivity contribution in [2.75, 3.05) is 6.54 Å². The van der Waals surface area contributed by atoms with Gasteiger partial charge in [-0.05, 0) is 55.1 Å². The second kappa shape index (κ2) is 6.20. The molecule has 2 heterocycles. The molecule has 4 heteroatoms. The Labute approximate surface area is 119 Å². The Kier molecular flexibility index (Phi) is 4.84.